The van der Waals surface area contributed by atoms with Crippen molar-refractivity contribution in [3.8, 4) is 0 Å². The molecule has 7 heteroatoms. The van der Waals surface area contributed by atoms with Crippen LogP contribution >= 0.6 is 0 Å². The van der Waals surface area contributed by atoms with E-state index in [1.807, 2.05) is 31.2 Å². The Hall–Kier alpha value is -1.60. The Balaban J connectivity index is 1.82. The zero-order chi connectivity index (χ0) is 15.5. The van der Waals surface area contributed by atoms with Gasteiger partial charge in [-0.15, -0.1) is 0 Å². The average Bonchev–Trinajstić information content (AvgIpc) is 2.71. The number of carbonyl (C=O) groups excluding carboxylic acids is 1. The summed E-state index contributed by atoms with van der Waals surface area (Å²) < 4.78 is 31.7. The molecule has 1 N–H and O–H groups in total. The lowest BCUT2D eigenvalue weighted by molar-refractivity contribution is 0.131. The number of rotatable bonds is 6. The summed E-state index contributed by atoms with van der Waals surface area (Å²) in [4.78, 5) is 12.7. The van der Waals surface area contributed by atoms with E-state index in [2.05, 4.69) is 4.72 Å². The first-order valence-electron chi connectivity index (χ1n) is 6.81. The molecule has 0 bridgehead atoms. The van der Waals surface area contributed by atoms with Gasteiger partial charge in [-0.05, 0) is 24.5 Å². The third kappa shape index (κ3) is 4.44. The van der Waals surface area contributed by atoms with E-state index < -0.39 is 10.0 Å². The topological polar surface area (TPSA) is 75.7 Å². The quantitative estimate of drug-likeness (QED) is 0.858. The van der Waals surface area contributed by atoms with Crippen LogP contribution in [0.3, 0.4) is 0 Å². The molecule has 1 aliphatic heterocycles. The minimum atomic E-state index is -3.38. The molecular weight excluding hydrogens is 292 g/mol. The van der Waals surface area contributed by atoms with Crippen molar-refractivity contribution in [3.05, 3.63) is 35.4 Å². The van der Waals surface area contributed by atoms with E-state index in [1.54, 1.807) is 7.05 Å². The number of likely N-dealkylation sites (N-methyl/N-ethyl adjacent to an activating group) is 1. The maximum atomic E-state index is 12.0. The van der Waals surface area contributed by atoms with Crippen molar-refractivity contribution in [2.75, 3.05) is 20.1 Å². The van der Waals surface area contributed by atoms with Crippen LogP contribution in [0.15, 0.2) is 24.3 Å². The molecule has 1 aromatic rings. The molecule has 2 rings (SSSR count). The zero-order valence-corrected chi connectivity index (χ0v) is 13.0. The van der Waals surface area contributed by atoms with E-state index in [4.69, 9.17) is 4.74 Å². The smallest absolute Gasteiger partial charge is 0.409 e. The van der Waals surface area contributed by atoms with Crippen molar-refractivity contribution in [2.24, 2.45) is 0 Å². The third-order valence-electron chi connectivity index (χ3n) is 3.45. The molecule has 0 aromatic heterocycles. The second-order valence-electron chi connectivity index (χ2n) is 5.25. The molecule has 21 heavy (non-hydrogen) atoms. The van der Waals surface area contributed by atoms with Crippen LogP contribution < -0.4 is 4.72 Å². The van der Waals surface area contributed by atoms with Gasteiger partial charge in [0, 0.05) is 13.6 Å². The van der Waals surface area contributed by atoms with Gasteiger partial charge in [-0.2, -0.15) is 0 Å². The van der Waals surface area contributed by atoms with Gasteiger partial charge in [0.25, 0.3) is 0 Å². The maximum Gasteiger partial charge on any atom is 0.409 e. The van der Waals surface area contributed by atoms with Gasteiger partial charge in [0.2, 0.25) is 10.0 Å². The molecule has 6 nitrogen and oxygen atoms in total. The van der Waals surface area contributed by atoms with Crippen LogP contribution in [0.1, 0.15) is 17.5 Å². The lowest BCUT2D eigenvalue weighted by Gasteiger charge is -2.11. The fraction of sp³-hybridized carbons (Fsp3) is 0.500. The van der Waals surface area contributed by atoms with E-state index in [-0.39, 0.29) is 24.5 Å². The van der Waals surface area contributed by atoms with E-state index in [1.165, 1.54) is 4.90 Å². The first kappa shape index (κ1) is 15.8. The Morgan fingerprint density at radius 1 is 1.38 bits per heavy atom. The van der Waals surface area contributed by atoms with Crippen LogP contribution in [0.4, 0.5) is 4.79 Å². The molecule has 0 spiro atoms. The number of amides is 1. The SMILES string of the molecule is Cc1ccccc1CS(=O)(=O)NCCC1CN(C)C(=O)O1. The third-order valence-corrected chi connectivity index (χ3v) is 4.79. The van der Waals surface area contributed by atoms with Crippen molar-refractivity contribution in [2.45, 2.75) is 25.2 Å². The average molecular weight is 312 g/mol. The second-order valence-corrected chi connectivity index (χ2v) is 7.06. The minimum Gasteiger partial charge on any atom is -0.444 e. The van der Waals surface area contributed by atoms with Crippen LogP contribution in [0.25, 0.3) is 0 Å². The number of nitrogens with zero attached hydrogens (tertiary/aromatic N) is 1. The van der Waals surface area contributed by atoms with Crippen molar-refractivity contribution < 1.29 is 17.9 Å². The van der Waals surface area contributed by atoms with E-state index in [0.29, 0.717) is 13.0 Å². The number of benzene rings is 1. The molecule has 1 aliphatic rings. The summed E-state index contributed by atoms with van der Waals surface area (Å²) in [6, 6.07) is 7.40. The number of aryl methyl sites for hydroxylation is 1. The molecule has 0 aliphatic carbocycles. The molecule has 0 radical (unpaired) electrons. The maximum absolute atomic E-state index is 12.0. The number of ether oxygens (including phenoxy) is 1. The number of nitrogens with one attached hydrogen (secondary N) is 1. The Morgan fingerprint density at radius 3 is 2.71 bits per heavy atom. The molecule has 1 saturated heterocycles. The van der Waals surface area contributed by atoms with Gasteiger partial charge in [-0.1, -0.05) is 24.3 Å². The number of hydrogen-bond donors (Lipinski definition) is 1. The number of sulfonamides is 1. The summed E-state index contributed by atoms with van der Waals surface area (Å²) in [7, 11) is -1.72. The summed E-state index contributed by atoms with van der Waals surface area (Å²) in [5, 5.41) is 0. The molecule has 1 atom stereocenters. The van der Waals surface area contributed by atoms with E-state index >= 15 is 0 Å². The standard InChI is InChI=1S/C14H20N2O4S/c1-11-5-3-4-6-12(11)10-21(18,19)15-8-7-13-9-16(2)14(17)20-13/h3-6,13,15H,7-10H2,1-2H3. The van der Waals surface area contributed by atoms with Crippen molar-refractivity contribution in [3.63, 3.8) is 0 Å². The van der Waals surface area contributed by atoms with Gasteiger partial charge < -0.3 is 9.64 Å². The van der Waals surface area contributed by atoms with Gasteiger partial charge in [0.05, 0.1) is 12.3 Å². The fourth-order valence-corrected chi connectivity index (χ4v) is 3.47. The monoisotopic (exact) mass is 312 g/mol. The van der Waals surface area contributed by atoms with E-state index in [9.17, 15) is 13.2 Å². The van der Waals surface area contributed by atoms with E-state index in [0.717, 1.165) is 11.1 Å². The van der Waals surface area contributed by atoms with Gasteiger partial charge in [0.15, 0.2) is 0 Å². The molecule has 1 fully saturated rings. The first-order chi connectivity index (χ1) is 9.87. The number of hydrogen-bond acceptors (Lipinski definition) is 4. The molecule has 1 aromatic carbocycles. The van der Waals surface area contributed by atoms with Crippen molar-refractivity contribution >= 4 is 16.1 Å². The normalized spacial score (nSPS) is 18.9. The highest BCUT2D eigenvalue weighted by atomic mass is 32.2. The van der Waals surface area contributed by atoms with Gasteiger partial charge in [0.1, 0.15) is 6.10 Å². The first-order valence-corrected chi connectivity index (χ1v) is 8.46. The largest absolute Gasteiger partial charge is 0.444 e. The van der Waals surface area contributed by atoms with Crippen molar-refractivity contribution in [1.82, 2.24) is 9.62 Å². The van der Waals surface area contributed by atoms with Crippen LogP contribution in [0.2, 0.25) is 0 Å². The van der Waals surface area contributed by atoms with Crippen LogP contribution in [0, 0.1) is 6.92 Å². The molecule has 0 saturated carbocycles. The van der Waals surface area contributed by atoms with Gasteiger partial charge in [-0.3, -0.25) is 0 Å². The van der Waals surface area contributed by atoms with Crippen LogP contribution in [-0.2, 0) is 20.5 Å². The highest BCUT2D eigenvalue weighted by molar-refractivity contribution is 7.88. The Morgan fingerprint density at radius 2 is 2.10 bits per heavy atom. The number of carbonyl (C=O) groups is 1. The summed E-state index contributed by atoms with van der Waals surface area (Å²) >= 11 is 0. The second kappa shape index (κ2) is 6.44. The molecule has 1 unspecified atom stereocenters. The minimum absolute atomic E-state index is 0.0377. The summed E-state index contributed by atoms with van der Waals surface area (Å²) in [5.74, 6) is -0.0377. The molecule has 116 valence electrons. The summed E-state index contributed by atoms with van der Waals surface area (Å²) in [6.07, 6.45) is -0.130. The highest BCUT2D eigenvalue weighted by Gasteiger charge is 2.28. The fourth-order valence-electron chi connectivity index (χ4n) is 2.20. The number of cyclic esters (lactones) is 1. The van der Waals surface area contributed by atoms with Crippen LogP contribution in [-0.4, -0.2) is 45.7 Å². The predicted molar refractivity (Wildman–Crippen MR) is 79.3 cm³/mol. The highest BCUT2D eigenvalue weighted by Crippen LogP contribution is 2.13. The van der Waals surface area contributed by atoms with Gasteiger partial charge in [-0.25, -0.2) is 17.9 Å². The summed E-state index contributed by atoms with van der Waals surface area (Å²) in [5.41, 5.74) is 1.74. The Labute approximate surface area is 125 Å². The predicted octanol–water partition coefficient (Wildman–Crippen LogP) is 1.26. The van der Waals surface area contributed by atoms with Crippen molar-refractivity contribution in [1.29, 1.82) is 0 Å². The Bertz CT molecular complexity index is 615. The molecule has 1 heterocycles. The Kier molecular flexibility index (Phi) is 4.84. The zero-order valence-electron chi connectivity index (χ0n) is 12.2. The molecular formula is C14H20N2O4S. The lowest BCUT2D eigenvalue weighted by Crippen LogP contribution is -2.29. The van der Waals surface area contributed by atoms with Crippen LogP contribution in [0.5, 0.6) is 0 Å². The molecule has 1 amide bonds. The lowest BCUT2D eigenvalue weighted by atomic mass is 10.1. The summed E-state index contributed by atoms with van der Waals surface area (Å²) in [6.45, 7) is 2.65. The van der Waals surface area contributed by atoms with Gasteiger partial charge >= 0.3 is 6.09 Å².